The molecule has 0 bridgehead atoms. The van der Waals surface area contributed by atoms with Crippen LogP contribution in [0.3, 0.4) is 0 Å². The fourth-order valence-corrected chi connectivity index (χ4v) is 1.49. The number of benzene rings is 1. The van der Waals surface area contributed by atoms with E-state index < -0.39 is 5.91 Å². The molecule has 0 unspecified atom stereocenters. The van der Waals surface area contributed by atoms with E-state index in [4.69, 9.17) is 16.2 Å². The van der Waals surface area contributed by atoms with Crippen molar-refractivity contribution in [2.24, 2.45) is 5.73 Å². The Bertz CT molecular complexity index is 597. The highest BCUT2D eigenvalue weighted by molar-refractivity contribution is 5.95. The van der Waals surface area contributed by atoms with Crippen LogP contribution >= 0.6 is 0 Å². The Morgan fingerprint density at radius 3 is 2.83 bits per heavy atom. The Kier molecular flexibility index (Phi) is 3.14. The molecule has 2 aromatic rings. The van der Waals surface area contributed by atoms with Crippen LogP contribution in [0, 0.1) is 6.92 Å². The summed E-state index contributed by atoms with van der Waals surface area (Å²) in [6, 6.07) is 8.47. The number of amides is 1. The first-order valence-corrected chi connectivity index (χ1v) is 5.36. The monoisotopic (exact) mass is 243 g/mol. The number of carbonyl (C=O) groups excluding carboxylic acids is 1. The van der Waals surface area contributed by atoms with Gasteiger partial charge < -0.3 is 16.2 Å². The molecular weight excluding hydrogens is 230 g/mol. The fourth-order valence-electron chi connectivity index (χ4n) is 1.49. The second kappa shape index (κ2) is 4.75. The van der Waals surface area contributed by atoms with Gasteiger partial charge >= 0.3 is 0 Å². The fraction of sp³-hybridized carbons (Fsp3) is 0.0769. The van der Waals surface area contributed by atoms with E-state index in [1.165, 1.54) is 6.20 Å². The maximum absolute atomic E-state index is 11.2. The van der Waals surface area contributed by atoms with E-state index in [0.29, 0.717) is 11.4 Å². The minimum atomic E-state index is -0.584. The molecule has 0 fully saturated rings. The average Bonchev–Trinajstić information content (AvgIpc) is 2.34. The zero-order valence-electron chi connectivity index (χ0n) is 9.88. The summed E-state index contributed by atoms with van der Waals surface area (Å²) in [5, 5.41) is 0. The van der Waals surface area contributed by atoms with Crippen molar-refractivity contribution in [3.63, 3.8) is 0 Å². The summed E-state index contributed by atoms with van der Waals surface area (Å²) in [5.74, 6) is 0.148. The van der Waals surface area contributed by atoms with E-state index in [0.717, 1.165) is 5.56 Å². The Morgan fingerprint density at radius 1 is 1.33 bits per heavy atom. The van der Waals surface area contributed by atoms with Crippen LogP contribution in [-0.4, -0.2) is 10.9 Å². The summed E-state index contributed by atoms with van der Waals surface area (Å²) >= 11 is 0. The number of ether oxygens (including phenoxy) is 1. The standard InChI is InChI=1S/C13H13N3O2/c1-8-4-5-9(14)7-11(8)18-13-10(12(15)17)3-2-6-16-13/h2-7H,14H2,1H3,(H2,15,17). The molecule has 2 rings (SSSR count). The number of primary amides is 1. The smallest absolute Gasteiger partial charge is 0.254 e. The van der Waals surface area contributed by atoms with Crippen LogP contribution in [-0.2, 0) is 0 Å². The number of aryl methyl sites for hydroxylation is 1. The molecule has 92 valence electrons. The van der Waals surface area contributed by atoms with E-state index >= 15 is 0 Å². The van der Waals surface area contributed by atoms with Crippen LogP contribution in [0.25, 0.3) is 0 Å². The lowest BCUT2D eigenvalue weighted by atomic mass is 10.2. The summed E-state index contributed by atoms with van der Waals surface area (Å²) < 4.78 is 5.59. The van der Waals surface area contributed by atoms with Gasteiger partial charge in [-0.2, -0.15) is 0 Å². The maximum atomic E-state index is 11.2. The lowest BCUT2D eigenvalue weighted by Gasteiger charge is -2.10. The number of pyridine rings is 1. The molecule has 5 heteroatoms. The van der Waals surface area contributed by atoms with Crippen molar-refractivity contribution in [1.29, 1.82) is 0 Å². The highest BCUT2D eigenvalue weighted by Gasteiger charge is 2.12. The van der Waals surface area contributed by atoms with E-state index in [9.17, 15) is 4.79 Å². The first-order chi connectivity index (χ1) is 8.58. The van der Waals surface area contributed by atoms with E-state index in [1.807, 2.05) is 13.0 Å². The normalized spacial score (nSPS) is 10.1. The summed E-state index contributed by atoms with van der Waals surface area (Å²) in [6.07, 6.45) is 1.53. The molecule has 0 saturated heterocycles. The molecule has 1 aromatic carbocycles. The van der Waals surface area contributed by atoms with Gasteiger partial charge in [0.25, 0.3) is 5.91 Å². The largest absolute Gasteiger partial charge is 0.438 e. The molecule has 4 N–H and O–H groups in total. The quantitative estimate of drug-likeness (QED) is 0.805. The van der Waals surface area contributed by atoms with Crippen molar-refractivity contribution in [2.75, 3.05) is 5.73 Å². The number of aromatic nitrogens is 1. The zero-order valence-corrected chi connectivity index (χ0v) is 9.88. The molecule has 1 heterocycles. The van der Waals surface area contributed by atoms with Crippen molar-refractivity contribution < 1.29 is 9.53 Å². The minimum absolute atomic E-state index is 0.179. The van der Waals surface area contributed by atoms with Gasteiger partial charge in [0.2, 0.25) is 5.88 Å². The van der Waals surface area contributed by atoms with Crippen LogP contribution in [0.4, 0.5) is 5.69 Å². The third kappa shape index (κ3) is 2.40. The number of hydrogen-bond donors (Lipinski definition) is 2. The maximum Gasteiger partial charge on any atom is 0.254 e. The molecule has 0 radical (unpaired) electrons. The number of nitrogens with two attached hydrogens (primary N) is 2. The van der Waals surface area contributed by atoms with Gasteiger partial charge in [-0.15, -0.1) is 0 Å². The summed E-state index contributed by atoms with van der Waals surface area (Å²) in [4.78, 5) is 15.2. The third-order valence-electron chi connectivity index (χ3n) is 2.46. The van der Waals surface area contributed by atoms with Crippen LogP contribution in [0.2, 0.25) is 0 Å². The zero-order chi connectivity index (χ0) is 13.1. The van der Waals surface area contributed by atoms with Gasteiger partial charge in [0, 0.05) is 18.0 Å². The number of anilines is 1. The van der Waals surface area contributed by atoms with Crippen molar-refractivity contribution >= 4 is 11.6 Å². The molecule has 1 aromatic heterocycles. The lowest BCUT2D eigenvalue weighted by Crippen LogP contribution is -2.12. The van der Waals surface area contributed by atoms with Crippen molar-refractivity contribution in [3.05, 3.63) is 47.7 Å². The Labute approximate surface area is 104 Å². The second-order valence-corrected chi connectivity index (χ2v) is 3.85. The molecule has 0 aliphatic heterocycles. The van der Waals surface area contributed by atoms with Gasteiger partial charge in [-0.25, -0.2) is 4.98 Å². The van der Waals surface area contributed by atoms with Crippen molar-refractivity contribution in [2.45, 2.75) is 6.92 Å². The number of nitrogens with zero attached hydrogens (tertiary/aromatic N) is 1. The lowest BCUT2D eigenvalue weighted by molar-refractivity contribution is 0.0997. The molecule has 0 aliphatic rings. The minimum Gasteiger partial charge on any atom is -0.438 e. The number of rotatable bonds is 3. The predicted molar refractivity (Wildman–Crippen MR) is 68.4 cm³/mol. The summed E-state index contributed by atoms with van der Waals surface area (Å²) in [7, 11) is 0. The molecule has 0 spiro atoms. The molecular formula is C13H13N3O2. The first kappa shape index (κ1) is 11.9. The summed E-state index contributed by atoms with van der Waals surface area (Å²) in [6.45, 7) is 1.88. The number of nitrogen functional groups attached to an aromatic ring is 1. The van der Waals surface area contributed by atoms with Gasteiger partial charge in [-0.3, -0.25) is 4.79 Å². The molecule has 18 heavy (non-hydrogen) atoms. The van der Waals surface area contributed by atoms with E-state index in [-0.39, 0.29) is 11.4 Å². The number of hydrogen-bond acceptors (Lipinski definition) is 4. The van der Waals surface area contributed by atoms with Crippen LogP contribution in [0.15, 0.2) is 36.5 Å². The molecule has 0 atom stereocenters. The van der Waals surface area contributed by atoms with Gasteiger partial charge in [0.05, 0.1) is 0 Å². The van der Waals surface area contributed by atoms with Gasteiger partial charge in [0.1, 0.15) is 11.3 Å². The van der Waals surface area contributed by atoms with Crippen LogP contribution in [0.5, 0.6) is 11.6 Å². The Morgan fingerprint density at radius 2 is 2.11 bits per heavy atom. The third-order valence-corrected chi connectivity index (χ3v) is 2.46. The predicted octanol–water partition coefficient (Wildman–Crippen LogP) is 1.86. The molecule has 0 aliphatic carbocycles. The van der Waals surface area contributed by atoms with Crippen LogP contribution in [0.1, 0.15) is 15.9 Å². The van der Waals surface area contributed by atoms with Gasteiger partial charge in [-0.1, -0.05) is 6.07 Å². The topological polar surface area (TPSA) is 91.2 Å². The molecule has 0 saturated carbocycles. The van der Waals surface area contributed by atoms with Gasteiger partial charge in [0.15, 0.2) is 0 Å². The second-order valence-electron chi connectivity index (χ2n) is 3.85. The van der Waals surface area contributed by atoms with E-state index in [1.54, 1.807) is 24.3 Å². The first-order valence-electron chi connectivity index (χ1n) is 5.36. The number of carbonyl (C=O) groups is 1. The van der Waals surface area contributed by atoms with Crippen molar-refractivity contribution in [1.82, 2.24) is 4.98 Å². The Balaban J connectivity index is 2.40. The highest BCUT2D eigenvalue weighted by atomic mass is 16.5. The van der Waals surface area contributed by atoms with Crippen LogP contribution < -0.4 is 16.2 Å². The average molecular weight is 243 g/mol. The Hall–Kier alpha value is -2.56. The highest BCUT2D eigenvalue weighted by Crippen LogP contribution is 2.27. The summed E-state index contributed by atoms with van der Waals surface area (Å²) in [5.41, 5.74) is 12.6. The van der Waals surface area contributed by atoms with Gasteiger partial charge in [-0.05, 0) is 30.7 Å². The molecule has 5 nitrogen and oxygen atoms in total. The van der Waals surface area contributed by atoms with E-state index in [2.05, 4.69) is 4.98 Å². The SMILES string of the molecule is Cc1ccc(N)cc1Oc1ncccc1C(N)=O. The van der Waals surface area contributed by atoms with Crippen molar-refractivity contribution in [3.8, 4) is 11.6 Å². The molecule has 1 amide bonds.